The molecule has 2 aliphatic heterocycles. The molecule has 0 radical (unpaired) electrons. The third-order valence-electron chi connectivity index (χ3n) is 3.68. The van der Waals surface area contributed by atoms with Crippen LogP contribution in [-0.2, 0) is 7.05 Å². The van der Waals surface area contributed by atoms with Crippen LogP contribution in [0.2, 0.25) is 0 Å². The van der Waals surface area contributed by atoms with Gasteiger partial charge in [0.1, 0.15) is 12.4 Å². The fourth-order valence-corrected chi connectivity index (χ4v) is 3.41. The van der Waals surface area contributed by atoms with E-state index in [1.54, 1.807) is 41.3 Å². The Morgan fingerprint density at radius 2 is 2.15 bits per heavy atom. The number of aliphatic imine (C=N–C) groups is 1. The van der Waals surface area contributed by atoms with Gasteiger partial charge in [-0.3, -0.25) is 0 Å². The topological polar surface area (TPSA) is 59.9 Å². The Kier molecular flexibility index (Phi) is 3.72. The SMILES string of the molecule is C=C1CN(c2ccc3c(c2)OC(F)(F)O3)/C(=N/C(=O)n2cc[n+](C)c2)S1. The van der Waals surface area contributed by atoms with Gasteiger partial charge in [-0.2, -0.15) is 0 Å². The third-order valence-corrected chi connectivity index (χ3v) is 4.59. The van der Waals surface area contributed by atoms with Gasteiger partial charge in [-0.15, -0.1) is 18.3 Å². The number of carbonyl (C=O) groups excluding carboxylic acids is 1. The number of hydrogen-bond donors (Lipinski definition) is 0. The summed E-state index contributed by atoms with van der Waals surface area (Å²) in [5.74, 6) is -0.114. The van der Waals surface area contributed by atoms with Gasteiger partial charge in [0.05, 0.1) is 13.6 Å². The molecule has 0 spiro atoms. The number of amides is 1. The standard InChI is InChI=1S/C16H13F2N4O3S/c1-10-8-22(11-3-4-12-13(7-11)25-16(17,18)24-12)15(26-10)19-14(23)21-6-5-20(2)9-21/h3-7,9H,1,8H2,2H3/q+1/b19-15-. The number of benzene rings is 1. The number of fused-ring (bicyclic) bond motifs is 1. The Labute approximate surface area is 151 Å². The molecule has 2 aromatic rings. The predicted molar refractivity (Wildman–Crippen MR) is 90.6 cm³/mol. The van der Waals surface area contributed by atoms with Gasteiger partial charge in [-0.05, 0) is 12.1 Å². The fourth-order valence-electron chi connectivity index (χ4n) is 2.55. The molecule has 1 amide bonds. The largest absolute Gasteiger partial charge is 0.586 e. The molecule has 3 heterocycles. The quantitative estimate of drug-likeness (QED) is 0.713. The Hall–Kier alpha value is -2.88. The van der Waals surface area contributed by atoms with Crippen LogP contribution in [0.5, 0.6) is 11.5 Å². The lowest BCUT2D eigenvalue weighted by atomic mass is 10.2. The van der Waals surface area contributed by atoms with Gasteiger partial charge in [-0.25, -0.2) is 9.36 Å². The van der Waals surface area contributed by atoms with E-state index in [0.717, 1.165) is 4.91 Å². The highest BCUT2D eigenvalue weighted by molar-refractivity contribution is 8.18. The molecule has 1 saturated heterocycles. The van der Waals surface area contributed by atoms with Crippen molar-refractivity contribution in [1.82, 2.24) is 4.57 Å². The van der Waals surface area contributed by atoms with Crippen molar-refractivity contribution >= 4 is 28.6 Å². The van der Waals surface area contributed by atoms with Crippen LogP contribution in [0.3, 0.4) is 0 Å². The molecule has 0 bridgehead atoms. The molecular formula is C16H13F2N4O3S+. The van der Waals surface area contributed by atoms with Crippen molar-refractivity contribution in [2.75, 3.05) is 11.4 Å². The minimum absolute atomic E-state index is 0.0427. The minimum Gasteiger partial charge on any atom is -0.395 e. The Morgan fingerprint density at radius 1 is 1.38 bits per heavy atom. The molecule has 0 aliphatic carbocycles. The second kappa shape index (κ2) is 5.84. The Bertz CT molecular complexity index is 957. The Balaban J connectivity index is 1.64. The first-order valence-corrected chi connectivity index (χ1v) is 8.32. The van der Waals surface area contributed by atoms with E-state index in [1.165, 1.54) is 28.5 Å². The van der Waals surface area contributed by atoms with E-state index >= 15 is 0 Å². The first kappa shape index (κ1) is 16.6. The molecule has 26 heavy (non-hydrogen) atoms. The lowest BCUT2D eigenvalue weighted by Crippen LogP contribution is -2.26. The number of imidazole rings is 1. The monoisotopic (exact) mass is 379 g/mol. The number of alkyl halides is 2. The van der Waals surface area contributed by atoms with Crippen molar-refractivity contribution in [3.63, 3.8) is 0 Å². The van der Waals surface area contributed by atoms with Crippen molar-refractivity contribution < 1.29 is 27.6 Å². The molecule has 4 rings (SSSR count). The highest BCUT2D eigenvalue weighted by atomic mass is 32.2. The highest BCUT2D eigenvalue weighted by Gasteiger charge is 2.43. The maximum Gasteiger partial charge on any atom is 0.586 e. The van der Waals surface area contributed by atoms with Gasteiger partial charge in [0.25, 0.3) is 6.33 Å². The molecule has 0 N–H and O–H groups in total. The summed E-state index contributed by atoms with van der Waals surface area (Å²) in [5, 5.41) is 0.405. The average molecular weight is 379 g/mol. The molecule has 0 saturated carbocycles. The average Bonchev–Trinajstić information content (AvgIpc) is 3.22. The number of aryl methyl sites for hydroxylation is 1. The van der Waals surface area contributed by atoms with Gasteiger partial charge >= 0.3 is 12.3 Å². The molecular weight excluding hydrogens is 366 g/mol. The number of ether oxygens (including phenoxy) is 2. The van der Waals surface area contributed by atoms with Crippen LogP contribution in [0, 0.1) is 0 Å². The van der Waals surface area contributed by atoms with E-state index in [2.05, 4.69) is 21.0 Å². The van der Waals surface area contributed by atoms with E-state index in [1.807, 2.05) is 0 Å². The van der Waals surface area contributed by atoms with E-state index < -0.39 is 12.3 Å². The maximum absolute atomic E-state index is 13.2. The third kappa shape index (κ3) is 3.03. The number of nitrogens with zero attached hydrogens (tertiary/aromatic N) is 4. The lowest BCUT2D eigenvalue weighted by molar-refractivity contribution is -0.670. The number of anilines is 1. The van der Waals surface area contributed by atoms with Crippen molar-refractivity contribution in [1.29, 1.82) is 0 Å². The van der Waals surface area contributed by atoms with Crippen LogP contribution in [0.25, 0.3) is 0 Å². The van der Waals surface area contributed by atoms with Crippen molar-refractivity contribution in [3.8, 4) is 11.5 Å². The fraction of sp³-hybridized carbons (Fsp3) is 0.188. The second-order valence-corrected chi connectivity index (χ2v) is 6.84. The molecule has 1 fully saturated rings. The summed E-state index contributed by atoms with van der Waals surface area (Å²) in [4.78, 5) is 18.9. The van der Waals surface area contributed by atoms with E-state index in [9.17, 15) is 13.6 Å². The minimum atomic E-state index is -3.68. The summed E-state index contributed by atoms with van der Waals surface area (Å²) >= 11 is 1.25. The zero-order valence-corrected chi connectivity index (χ0v) is 14.4. The van der Waals surface area contributed by atoms with Crippen LogP contribution in [0.15, 0.2) is 53.4 Å². The summed E-state index contributed by atoms with van der Waals surface area (Å²) in [7, 11) is 1.79. The van der Waals surface area contributed by atoms with Crippen molar-refractivity contribution in [2.24, 2.45) is 12.0 Å². The van der Waals surface area contributed by atoms with Crippen LogP contribution >= 0.6 is 11.8 Å². The number of carbonyl (C=O) groups is 1. The van der Waals surface area contributed by atoms with Gasteiger partial charge in [0.15, 0.2) is 16.7 Å². The summed E-state index contributed by atoms with van der Waals surface area (Å²) in [6.07, 6.45) is 1.22. The summed E-state index contributed by atoms with van der Waals surface area (Å²) in [5.41, 5.74) is 0.542. The molecule has 0 unspecified atom stereocenters. The molecule has 1 aromatic carbocycles. The lowest BCUT2D eigenvalue weighted by Gasteiger charge is -2.17. The van der Waals surface area contributed by atoms with E-state index in [0.29, 0.717) is 17.4 Å². The van der Waals surface area contributed by atoms with Crippen LogP contribution in [0.4, 0.5) is 19.3 Å². The predicted octanol–water partition coefficient (Wildman–Crippen LogP) is 2.73. The zero-order valence-electron chi connectivity index (χ0n) is 13.6. The number of aromatic nitrogens is 2. The first-order chi connectivity index (χ1) is 12.3. The van der Waals surface area contributed by atoms with Gasteiger partial charge in [0.2, 0.25) is 0 Å². The number of halogens is 2. The molecule has 134 valence electrons. The van der Waals surface area contributed by atoms with E-state index in [-0.39, 0.29) is 11.5 Å². The Morgan fingerprint density at radius 3 is 2.88 bits per heavy atom. The number of amidine groups is 1. The molecule has 7 nitrogen and oxygen atoms in total. The smallest absolute Gasteiger partial charge is 0.395 e. The summed E-state index contributed by atoms with van der Waals surface area (Å²) < 4.78 is 38.3. The molecule has 1 aromatic heterocycles. The zero-order chi connectivity index (χ0) is 18.5. The van der Waals surface area contributed by atoms with Crippen molar-refractivity contribution in [3.05, 3.63) is 48.4 Å². The number of rotatable bonds is 1. The maximum atomic E-state index is 13.2. The molecule has 2 aliphatic rings. The number of hydrogen-bond acceptors (Lipinski definition) is 4. The highest BCUT2D eigenvalue weighted by Crippen LogP contribution is 2.44. The normalized spacial score (nSPS) is 19.4. The van der Waals surface area contributed by atoms with Crippen LogP contribution < -0.4 is 18.9 Å². The van der Waals surface area contributed by atoms with E-state index in [4.69, 9.17) is 0 Å². The molecule has 0 atom stereocenters. The summed E-state index contributed by atoms with van der Waals surface area (Å²) in [6.45, 7) is 4.30. The van der Waals surface area contributed by atoms with Crippen LogP contribution in [0.1, 0.15) is 0 Å². The van der Waals surface area contributed by atoms with Gasteiger partial charge in [-0.1, -0.05) is 18.3 Å². The number of thioether (sulfide) groups is 1. The summed E-state index contributed by atoms with van der Waals surface area (Å²) in [6, 6.07) is 3.94. The molecule has 10 heteroatoms. The van der Waals surface area contributed by atoms with Gasteiger partial charge < -0.3 is 14.4 Å². The second-order valence-electron chi connectivity index (χ2n) is 5.69. The first-order valence-electron chi connectivity index (χ1n) is 7.50. The van der Waals surface area contributed by atoms with Crippen LogP contribution in [-0.4, -0.2) is 28.6 Å². The van der Waals surface area contributed by atoms with Gasteiger partial charge in [0, 0.05) is 16.7 Å². The van der Waals surface area contributed by atoms with Crippen molar-refractivity contribution in [2.45, 2.75) is 6.29 Å².